The summed E-state index contributed by atoms with van der Waals surface area (Å²) >= 11 is 0. The van der Waals surface area contributed by atoms with E-state index in [-0.39, 0.29) is 18.3 Å². The number of carbonyl (C=O) groups is 1. The zero-order valence-corrected chi connectivity index (χ0v) is 15.3. The lowest BCUT2D eigenvalue weighted by atomic mass is 10.2. The Hall–Kier alpha value is -3.81. The molecule has 1 amide bonds. The quantitative estimate of drug-likeness (QED) is 0.511. The summed E-state index contributed by atoms with van der Waals surface area (Å²) in [4.78, 5) is 12.4. The van der Waals surface area contributed by atoms with E-state index in [4.69, 9.17) is 9.15 Å². The van der Waals surface area contributed by atoms with E-state index in [2.05, 4.69) is 27.5 Å². The van der Waals surface area contributed by atoms with Gasteiger partial charge in [0.1, 0.15) is 11.4 Å². The molecular weight excluding hydrogens is 358 g/mol. The molecule has 0 radical (unpaired) electrons. The smallest absolute Gasteiger partial charge is 0.276 e. The van der Waals surface area contributed by atoms with Crippen LogP contribution in [0.15, 0.2) is 65.5 Å². The number of aromatic amines is 1. The Morgan fingerprint density at radius 2 is 2.14 bits per heavy atom. The van der Waals surface area contributed by atoms with E-state index in [1.54, 1.807) is 41.5 Å². The largest absolute Gasteiger partial charge is 0.471 e. The Bertz CT molecular complexity index is 1050. The van der Waals surface area contributed by atoms with Crippen molar-refractivity contribution in [3.05, 3.63) is 72.4 Å². The van der Waals surface area contributed by atoms with Gasteiger partial charge in [0.15, 0.2) is 18.2 Å². The van der Waals surface area contributed by atoms with E-state index in [9.17, 15) is 4.79 Å². The number of rotatable bonds is 7. The molecule has 1 aromatic carbocycles. The molecule has 0 aliphatic heterocycles. The monoisotopic (exact) mass is 377 g/mol. The molecule has 28 heavy (non-hydrogen) atoms. The molecule has 4 rings (SSSR count). The van der Waals surface area contributed by atoms with Crippen molar-refractivity contribution in [3.63, 3.8) is 0 Å². The molecule has 0 saturated heterocycles. The third-order valence-electron chi connectivity index (χ3n) is 4.18. The highest BCUT2D eigenvalue weighted by atomic mass is 16.5. The fraction of sp³-hybridized carbons (Fsp3) is 0.150. The predicted octanol–water partition coefficient (Wildman–Crippen LogP) is 3.72. The summed E-state index contributed by atoms with van der Waals surface area (Å²) in [6, 6.07) is 13.1. The lowest BCUT2D eigenvalue weighted by molar-refractivity contribution is 0.102. The molecule has 0 aliphatic carbocycles. The fourth-order valence-corrected chi connectivity index (χ4v) is 2.65. The summed E-state index contributed by atoms with van der Waals surface area (Å²) in [7, 11) is 0. The lowest BCUT2D eigenvalue weighted by Crippen LogP contribution is -2.12. The minimum absolute atomic E-state index is 0.242. The molecule has 0 atom stereocenters. The average Bonchev–Trinajstić information content (AvgIpc) is 3.47. The number of H-pyrrole nitrogens is 1. The van der Waals surface area contributed by atoms with Gasteiger partial charge in [0.2, 0.25) is 0 Å². The molecule has 0 unspecified atom stereocenters. The van der Waals surface area contributed by atoms with E-state index in [1.165, 1.54) is 5.56 Å². The highest BCUT2D eigenvalue weighted by molar-refractivity contribution is 6.03. The summed E-state index contributed by atoms with van der Waals surface area (Å²) in [6.07, 6.45) is 5.80. The first-order chi connectivity index (χ1) is 13.7. The number of carbonyl (C=O) groups excluding carboxylic acids is 1. The number of nitrogens with zero attached hydrogens (tertiary/aromatic N) is 3. The van der Waals surface area contributed by atoms with Gasteiger partial charge in [-0.1, -0.05) is 19.1 Å². The standard InChI is InChI=1S/C20H19N5O3/c1-2-14-5-7-16(8-6-14)28-13-25-12-15(11-21-25)22-20(26)18-10-17(23-24-18)19-4-3-9-27-19/h3-12H,2,13H2,1H3,(H,22,26)(H,23,24). The predicted molar refractivity (Wildman–Crippen MR) is 103 cm³/mol. The first-order valence-electron chi connectivity index (χ1n) is 8.86. The van der Waals surface area contributed by atoms with Crippen LogP contribution in [0, 0.1) is 0 Å². The SMILES string of the molecule is CCc1ccc(OCn2cc(NC(=O)c3cc(-c4ccco4)[nH]n3)cn2)cc1. The van der Waals surface area contributed by atoms with Crippen LogP contribution in [0.25, 0.3) is 11.5 Å². The Labute approximate surface area is 161 Å². The van der Waals surface area contributed by atoms with Crippen LogP contribution in [-0.2, 0) is 13.2 Å². The molecule has 142 valence electrons. The summed E-state index contributed by atoms with van der Waals surface area (Å²) in [5.41, 5.74) is 2.70. The van der Waals surface area contributed by atoms with Crippen LogP contribution in [0.2, 0.25) is 0 Å². The number of anilines is 1. The molecule has 8 nitrogen and oxygen atoms in total. The second-order valence-corrected chi connectivity index (χ2v) is 6.14. The molecule has 4 aromatic rings. The van der Waals surface area contributed by atoms with Gasteiger partial charge in [-0.3, -0.25) is 9.89 Å². The highest BCUT2D eigenvalue weighted by Gasteiger charge is 2.13. The third kappa shape index (κ3) is 3.96. The highest BCUT2D eigenvalue weighted by Crippen LogP contribution is 2.18. The van der Waals surface area contributed by atoms with Crippen molar-refractivity contribution in [3.8, 4) is 17.2 Å². The van der Waals surface area contributed by atoms with Gasteiger partial charge >= 0.3 is 0 Å². The topological polar surface area (TPSA) is 98.0 Å². The third-order valence-corrected chi connectivity index (χ3v) is 4.18. The van der Waals surface area contributed by atoms with Gasteiger partial charge < -0.3 is 14.5 Å². The van der Waals surface area contributed by atoms with Crippen LogP contribution in [0.3, 0.4) is 0 Å². The summed E-state index contributed by atoms with van der Waals surface area (Å²) < 4.78 is 12.6. The number of hydrogen-bond acceptors (Lipinski definition) is 5. The van der Waals surface area contributed by atoms with Crippen LogP contribution in [0.4, 0.5) is 5.69 Å². The van der Waals surface area contributed by atoms with Gasteiger partial charge in [-0.05, 0) is 36.2 Å². The first kappa shape index (κ1) is 17.6. The molecule has 0 spiro atoms. The van der Waals surface area contributed by atoms with Gasteiger partial charge in [-0.25, -0.2) is 4.68 Å². The number of nitrogens with one attached hydrogen (secondary N) is 2. The van der Waals surface area contributed by atoms with Crippen LogP contribution < -0.4 is 10.1 Å². The number of ether oxygens (including phenoxy) is 1. The number of furan rings is 1. The van der Waals surface area contributed by atoms with Crippen molar-refractivity contribution in [1.29, 1.82) is 0 Å². The second-order valence-electron chi connectivity index (χ2n) is 6.14. The molecule has 0 aliphatic rings. The minimum atomic E-state index is -0.343. The Morgan fingerprint density at radius 3 is 2.89 bits per heavy atom. The van der Waals surface area contributed by atoms with Crippen LogP contribution >= 0.6 is 0 Å². The maximum Gasteiger partial charge on any atom is 0.276 e. The minimum Gasteiger partial charge on any atom is -0.471 e. The van der Waals surface area contributed by atoms with E-state index in [0.29, 0.717) is 17.1 Å². The Kier molecular flexibility index (Phi) is 4.92. The zero-order chi connectivity index (χ0) is 19.3. The Morgan fingerprint density at radius 1 is 1.29 bits per heavy atom. The van der Waals surface area contributed by atoms with Crippen LogP contribution in [0.1, 0.15) is 23.0 Å². The molecular formula is C20H19N5O3. The molecule has 2 N–H and O–H groups in total. The van der Waals surface area contributed by atoms with Crippen LogP contribution in [-0.4, -0.2) is 25.9 Å². The number of hydrogen-bond donors (Lipinski definition) is 2. The molecule has 8 heteroatoms. The molecule has 0 bridgehead atoms. The lowest BCUT2D eigenvalue weighted by Gasteiger charge is -2.06. The fourth-order valence-electron chi connectivity index (χ4n) is 2.65. The van der Waals surface area contributed by atoms with Gasteiger partial charge in [0.25, 0.3) is 5.91 Å². The summed E-state index contributed by atoms with van der Waals surface area (Å²) in [5.74, 6) is 1.04. The van der Waals surface area contributed by atoms with Gasteiger partial charge in [-0.2, -0.15) is 10.2 Å². The summed E-state index contributed by atoms with van der Waals surface area (Å²) in [5, 5.41) is 13.7. The van der Waals surface area contributed by atoms with E-state index >= 15 is 0 Å². The van der Waals surface area contributed by atoms with Gasteiger partial charge in [0, 0.05) is 6.07 Å². The number of amides is 1. The molecule has 3 aromatic heterocycles. The maximum atomic E-state index is 12.4. The Balaban J connectivity index is 1.34. The zero-order valence-electron chi connectivity index (χ0n) is 15.3. The van der Waals surface area contributed by atoms with E-state index in [1.807, 2.05) is 24.3 Å². The van der Waals surface area contributed by atoms with Crippen molar-refractivity contribution < 1.29 is 13.9 Å². The number of aromatic nitrogens is 4. The van der Waals surface area contributed by atoms with Crippen molar-refractivity contribution in [1.82, 2.24) is 20.0 Å². The van der Waals surface area contributed by atoms with Crippen LogP contribution in [0.5, 0.6) is 5.75 Å². The second kappa shape index (κ2) is 7.83. The normalized spacial score (nSPS) is 10.8. The maximum absolute atomic E-state index is 12.4. The van der Waals surface area contributed by atoms with E-state index < -0.39 is 0 Å². The van der Waals surface area contributed by atoms with E-state index in [0.717, 1.165) is 12.2 Å². The average molecular weight is 377 g/mol. The first-order valence-corrected chi connectivity index (χ1v) is 8.86. The van der Waals surface area contributed by atoms with Crippen molar-refractivity contribution in [2.45, 2.75) is 20.1 Å². The van der Waals surface area contributed by atoms with Gasteiger partial charge in [0.05, 0.1) is 24.3 Å². The molecule has 0 saturated carbocycles. The van der Waals surface area contributed by atoms with Crippen molar-refractivity contribution >= 4 is 11.6 Å². The molecule has 0 fully saturated rings. The number of benzene rings is 1. The van der Waals surface area contributed by atoms with Crippen molar-refractivity contribution in [2.24, 2.45) is 0 Å². The molecule has 3 heterocycles. The van der Waals surface area contributed by atoms with Gasteiger partial charge in [-0.15, -0.1) is 0 Å². The summed E-state index contributed by atoms with van der Waals surface area (Å²) in [6.45, 7) is 2.35. The van der Waals surface area contributed by atoms with Crippen molar-refractivity contribution in [2.75, 3.05) is 5.32 Å². The number of aryl methyl sites for hydroxylation is 1.